The number of carbonyl (C=O) groups excluding carboxylic acids is 2. The monoisotopic (exact) mass is 452 g/mol. The lowest BCUT2D eigenvalue weighted by molar-refractivity contribution is -0.123. The molecule has 1 atom stereocenters. The van der Waals surface area contributed by atoms with Gasteiger partial charge >= 0.3 is 0 Å². The SMILES string of the molecule is Cc1ccc(N2C(=O)CS[C@]23C(=O)N(Cc2ccccc2F)c2ccccc23)cc1Cl. The average molecular weight is 453 g/mol. The molecule has 2 amide bonds. The van der Waals surface area contributed by atoms with Crippen LogP contribution < -0.4 is 9.80 Å². The number of rotatable bonds is 3. The third kappa shape index (κ3) is 2.97. The second kappa shape index (κ2) is 7.39. The highest BCUT2D eigenvalue weighted by molar-refractivity contribution is 8.02. The van der Waals surface area contributed by atoms with E-state index in [1.54, 1.807) is 34.1 Å². The fourth-order valence-electron chi connectivity index (χ4n) is 4.23. The Bertz CT molecular complexity index is 1230. The standard InChI is InChI=1S/C24H18ClFN2O2S/c1-15-10-11-17(12-19(15)25)28-22(29)14-31-24(28)18-7-3-5-9-21(18)27(23(24)30)13-16-6-2-4-8-20(16)26/h2-12H,13-14H2,1H3/t24-/m1/s1. The number of aryl methyl sites for hydroxylation is 1. The van der Waals surface area contributed by atoms with Gasteiger partial charge < -0.3 is 4.90 Å². The van der Waals surface area contributed by atoms with Crippen LogP contribution in [0, 0.1) is 12.7 Å². The van der Waals surface area contributed by atoms with Crippen LogP contribution in [-0.2, 0) is 21.0 Å². The first-order valence-corrected chi connectivity index (χ1v) is 11.2. The molecule has 0 unspecified atom stereocenters. The maximum Gasteiger partial charge on any atom is 0.269 e. The lowest BCUT2D eigenvalue weighted by Gasteiger charge is -2.33. The molecule has 0 N–H and O–H groups in total. The van der Waals surface area contributed by atoms with Crippen molar-refractivity contribution in [1.82, 2.24) is 0 Å². The second-order valence-electron chi connectivity index (χ2n) is 7.60. The lowest BCUT2D eigenvalue weighted by atomic mass is 10.0. The number of nitrogens with zero attached hydrogens (tertiary/aromatic N) is 2. The van der Waals surface area contributed by atoms with Crippen molar-refractivity contribution in [3.8, 4) is 0 Å². The van der Waals surface area contributed by atoms with Crippen LogP contribution in [0.2, 0.25) is 5.02 Å². The zero-order valence-electron chi connectivity index (χ0n) is 16.6. The molecule has 3 aromatic carbocycles. The van der Waals surface area contributed by atoms with Gasteiger partial charge in [-0.25, -0.2) is 4.39 Å². The van der Waals surface area contributed by atoms with Gasteiger partial charge in [0.2, 0.25) is 10.8 Å². The molecule has 5 rings (SSSR count). The number of halogens is 2. The minimum Gasteiger partial charge on any atom is -0.304 e. The first-order valence-electron chi connectivity index (χ1n) is 9.81. The summed E-state index contributed by atoms with van der Waals surface area (Å²) in [5, 5.41) is 0.527. The molecule has 31 heavy (non-hydrogen) atoms. The number of benzene rings is 3. The van der Waals surface area contributed by atoms with Gasteiger partial charge in [0.25, 0.3) is 5.91 Å². The topological polar surface area (TPSA) is 40.6 Å². The van der Waals surface area contributed by atoms with Crippen molar-refractivity contribution in [2.45, 2.75) is 18.3 Å². The smallest absolute Gasteiger partial charge is 0.269 e. The predicted octanol–water partition coefficient (Wildman–Crippen LogP) is 5.27. The largest absolute Gasteiger partial charge is 0.304 e. The number of carbonyl (C=O) groups is 2. The summed E-state index contributed by atoms with van der Waals surface area (Å²) in [6.07, 6.45) is 0. The quantitative estimate of drug-likeness (QED) is 0.543. The van der Waals surface area contributed by atoms with Crippen molar-refractivity contribution in [1.29, 1.82) is 0 Å². The van der Waals surface area contributed by atoms with E-state index < -0.39 is 4.87 Å². The van der Waals surface area contributed by atoms with Crippen molar-refractivity contribution in [3.05, 3.63) is 94.3 Å². The van der Waals surface area contributed by atoms with Crippen molar-refractivity contribution in [2.75, 3.05) is 15.6 Å². The predicted molar refractivity (Wildman–Crippen MR) is 122 cm³/mol. The first-order chi connectivity index (χ1) is 14.9. The highest BCUT2D eigenvalue weighted by Gasteiger charge is 2.61. The highest BCUT2D eigenvalue weighted by atomic mass is 35.5. The molecule has 7 heteroatoms. The fraction of sp³-hybridized carbons (Fsp3) is 0.167. The van der Waals surface area contributed by atoms with Crippen molar-refractivity contribution in [3.63, 3.8) is 0 Å². The summed E-state index contributed by atoms with van der Waals surface area (Å²) in [6, 6.07) is 19.2. The van der Waals surface area contributed by atoms with Crippen molar-refractivity contribution in [2.24, 2.45) is 0 Å². The van der Waals surface area contributed by atoms with Gasteiger partial charge in [-0.2, -0.15) is 0 Å². The number of fused-ring (bicyclic) bond motifs is 2. The Balaban J connectivity index is 1.66. The number of para-hydroxylation sites is 1. The first kappa shape index (κ1) is 20.1. The van der Waals surface area contributed by atoms with E-state index in [1.807, 2.05) is 43.3 Å². The van der Waals surface area contributed by atoms with Crippen LogP contribution in [0.15, 0.2) is 66.7 Å². The van der Waals surface area contributed by atoms with Gasteiger partial charge in [0.05, 0.1) is 18.0 Å². The number of thioether (sulfide) groups is 1. The zero-order valence-corrected chi connectivity index (χ0v) is 18.2. The fourth-order valence-corrected chi connectivity index (χ4v) is 5.76. The molecule has 1 spiro atoms. The van der Waals surface area contributed by atoms with Crippen molar-refractivity contribution < 1.29 is 14.0 Å². The Hall–Kier alpha value is -2.83. The molecule has 3 aromatic rings. The third-order valence-electron chi connectivity index (χ3n) is 5.76. The van der Waals surface area contributed by atoms with Crippen LogP contribution in [0.25, 0.3) is 0 Å². The van der Waals surface area contributed by atoms with Gasteiger partial charge in [-0.15, -0.1) is 11.8 Å². The van der Waals surface area contributed by atoms with E-state index in [-0.39, 0.29) is 29.9 Å². The number of hydrogen-bond acceptors (Lipinski definition) is 3. The van der Waals surface area contributed by atoms with Gasteiger partial charge in [0.15, 0.2) is 0 Å². The summed E-state index contributed by atoms with van der Waals surface area (Å²) in [7, 11) is 0. The maximum atomic E-state index is 14.4. The minimum atomic E-state index is -1.24. The van der Waals surface area contributed by atoms with Crippen LogP contribution in [-0.4, -0.2) is 17.6 Å². The zero-order chi connectivity index (χ0) is 21.8. The van der Waals surface area contributed by atoms with Crippen LogP contribution in [0.3, 0.4) is 0 Å². The lowest BCUT2D eigenvalue weighted by Crippen LogP contribution is -2.49. The van der Waals surface area contributed by atoms with E-state index in [0.29, 0.717) is 22.0 Å². The normalized spacial score (nSPS) is 20.1. The van der Waals surface area contributed by atoms with E-state index in [2.05, 4.69) is 0 Å². The Morgan fingerprint density at radius 1 is 1.06 bits per heavy atom. The average Bonchev–Trinajstić information content (AvgIpc) is 3.23. The summed E-state index contributed by atoms with van der Waals surface area (Å²) < 4.78 is 14.4. The second-order valence-corrected chi connectivity index (χ2v) is 9.17. The maximum absolute atomic E-state index is 14.4. The molecule has 2 aliphatic heterocycles. The van der Waals surface area contributed by atoms with Gasteiger partial charge in [-0.3, -0.25) is 14.5 Å². The van der Waals surface area contributed by atoms with Gasteiger partial charge in [-0.05, 0) is 36.8 Å². The Morgan fingerprint density at radius 3 is 2.58 bits per heavy atom. The molecule has 2 heterocycles. The number of hydrogen-bond donors (Lipinski definition) is 0. The molecule has 1 fully saturated rings. The molecule has 0 aromatic heterocycles. The van der Waals surface area contributed by atoms with Crippen LogP contribution in [0.5, 0.6) is 0 Å². The van der Waals surface area contributed by atoms with Crippen molar-refractivity contribution >= 4 is 46.6 Å². The summed E-state index contributed by atoms with van der Waals surface area (Å²) >= 11 is 7.63. The summed E-state index contributed by atoms with van der Waals surface area (Å²) in [4.78, 5) is 28.9. The van der Waals surface area contributed by atoms with Crippen LogP contribution in [0.1, 0.15) is 16.7 Å². The minimum absolute atomic E-state index is 0.0848. The third-order valence-corrected chi connectivity index (χ3v) is 7.56. The molecular formula is C24H18ClFN2O2S. The van der Waals surface area contributed by atoms with Gasteiger partial charge in [0, 0.05) is 21.8 Å². The molecule has 4 nitrogen and oxygen atoms in total. The van der Waals surface area contributed by atoms with E-state index in [4.69, 9.17) is 11.6 Å². The molecule has 156 valence electrons. The summed E-state index contributed by atoms with van der Waals surface area (Å²) in [5.74, 6) is -0.629. The Morgan fingerprint density at radius 2 is 1.81 bits per heavy atom. The highest BCUT2D eigenvalue weighted by Crippen LogP contribution is 2.56. The summed E-state index contributed by atoms with van der Waals surface area (Å²) in [5.41, 5.74) is 3.28. The van der Waals surface area contributed by atoms with E-state index >= 15 is 0 Å². The molecule has 2 aliphatic rings. The molecule has 0 aliphatic carbocycles. The van der Waals surface area contributed by atoms with Gasteiger partial charge in [-0.1, -0.05) is 54.1 Å². The van der Waals surface area contributed by atoms with Crippen LogP contribution in [0.4, 0.5) is 15.8 Å². The number of anilines is 2. The van der Waals surface area contributed by atoms with Crippen LogP contribution >= 0.6 is 23.4 Å². The molecule has 0 radical (unpaired) electrons. The van der Waals surface area contributed by atoms with Gasteiger partial charge in [0.1, 0.15) is 5.82 Å². The Labute approximate surface area is 188 Å². The van der Waals surface area contributed by atoms with E-state index in [1.165, 1.54) is 17.8 Å². The van der Waals surface area contributed by atoms with E-state index in [9.17, 15) is 14.0 Å². The molecular weight excluding hydrogens is 435 g/mol. The molecule has 0 bridgehead atoms. The number of amides is 2. The molecule has 0 saturated carbocycles. The molecule has 1 saturated heterocycles. The Kier molecular flexibility index (Phi) is 4.79. The van der Waals surface area contributed by atoms with E-state index in [0.717, 1.165) is 11.1 Å². The summed E-state index contributed by atoms with van der Waals surface area (Å²) in [6.45, 7) is 1.97.